The van der Waals surface area contributed by atoms with E-state index < -0.39 is 0 Å². The van der Waals surface area contributed by atoms with E-state index in [1.807, 2.05) is 12.1 Å². The summed E-state index contributed by atoms with van der Waals surface area (Å²) in [6.45, 7) is 2.92. The van der Waals surface area contributed by atoms with Crippen LogP contribution in [0.15, 0.2) is 12.1 Å². The number of anilines is 2. The van der Waals surface area contributed by atoms with Gasteiger partial charge in [0.25, 0.3) is 0 Å². The molecule has 16 heavy (non-hydrogen) atoms. The molecule has 0 amide bonds. The maximum atomic E-state index is 8.87. The summed E-state index contributed by atoms with van der Waals surface area (Å²) < 4.78 is 0. The zero-order valence-corrected chi connectivity index (χ0v) is 9.25. The van der Waals surface area contributed by atoms with Gasteiger partial charge in [0.2, 0.25) is 0 Å². The zero-order chi connectivity index (χ0) is 12.0. The minimum Gasteiger partial charge on any atom is -0.397 e. The second-order valence-corrected chi connectivity index (χ2v) is 3.49. The standard InChI is InChI=1S/C12H14N4/c1-2-3-4-16-12-6-10(8-14)9(7-13)5-11(12)15/h5-6,16H,2-4,15H2,1H3. The van der Waals surface area contributed by atoms with Crippen LogP contribution in [0, 0.1) is 22.7 Å². The van der Waals surface area contributed by atoms with Crippen molar-refractivity contribution < 1.29 is 0 Å². The highest BCUT2D eigenvalue weighted by Gasteiger charge is 2.06. The van der Waals surface area contributed by atoms with Gasteiger partial charge in [-0.05, 0) is 18.6 Å². The van der Waals surface area contributed by atoms with E-state index in [0.717, 1.165) is 25.1 Å². The van der Waals surface area contributed by atoms with Crippen molar-refractivity contribution in [2.24, 2.45) is 0 Å². The van der Waals surface area contributed by atoms with Gasteiger partial charge in [0.15, 0.2) is 0 Å². The lowest BCUT2D eigenvalue weighted by atomic mass is 10.1. The second-order valence-electron chi connectivity index (χ2n) is 3.49. The summed E-state index contributed by atoms with van der Waals surface area (Å²) in [5.41, 5.74) is 7.69. The number of nitrogens with two attached hydrogens (primary N) is 1. The molecule has 1 aromatic carbocycles. The molecule has 0 spiro atoms. The zero-order valence-electron chi connectivity index (χ0n) is 9.25. The van der Waals surface area contributed by atoms with Crippen LogP contribution in [-0.4, -0.2) is 6.54 Å². The summed E-state index contributed by atoms with van der Waals surface area (Å²) in [5.74, 6) is 0. The fourth-order valence-corrected chi connectivity index (χ4v) is 1.35. The molecule has 0 saturated carbocycles. The van der Waals surface area contributed by atoms with Gasteiger partial charge < -0.3 is 11.1 Å². The first kappa shape index (κ1) is 11.9. The van der Waals surface area contributed by atoms with E-state index in [4.69, 9.17) is 16.3 Å². The average molecular weight is 214 g/mol. The summed E-state index contributed by atoms with van der Waals surface area (Å²) in [7, 11) is 0. The lowest BCUT2D eigenvalue weighted by Crippen LogP contribution is -2.05. The number of unbranched alkanes of at least 4 members (excludes halogenated alkanes) is 1. The van der Waals surface area contributed by atoms with Gasteiger partial charge in [0.05, 0.1) is 22.5 Å². The molecule has 0 heterocycles. The van der Waals surface area contributed by atoms with Gasteiger partial charge in [0, 0.05) is 6.54 Å². The number of hydrogen-bond acceptors (Lipinski definition) is 4. The first-order chi connectivity index (χ1) is 7.72. The summed E-state index contributed by atoms with van der Waals surface area (Å²) >= 11 is 0. The molecule has 1 rings (SSSR count). The number of rotatable bonds is 4. The van der Waals surface area contributed by atoms with Crippen LogP contribution in [0.1, 0.15) is 30.9 Å². The quantitative estimate of drug-likeness (QED) is 0.594. The molecule has 0 aliphatic carbocycles. The number of nitriles is 2. The fourth-order valence-electron chi connectivity index (χ4n) is 1.35. The van der Waals surface area contributed by atoms with Crippen LogP contribution in [-0.2, 0) is 0 Å². The molecule has 0 unspecified atom stereocenters. The highest BCUT2D eigenvalue weighted by Crippen LogP contribution is 2.23. The van der Waals surface area contributed by atoms with Crippen molar-refractivity contribution in [3.63, 3.8) is 0 Å². The Kier molecular flexibility index (Phi) is 4.17. The molecule has 0 bridgehead atoms. The highest BCUT2D eigenvalue weighted by molar-refractivity contribution is 5.71. The third-order valence-corrected chi connectivity index (χ3v) is 2.28. The van der Waals surface area contributed by atoms with Crippen molar-refractivity contribution in [2.45, 2.75) is 19.8 Å². The fraction of sp³-hybridized carbons (Fsp3) is 0.333. The van der Waals surface area contributed by atoms with Crippen LogP contribution < -0.4 is 11.1 Å². The van der Waals surface area contributed by atoms with Crippen LogP contribution in [0.4, 0.5) is 11.4 Å². The van der Waals surface area contributed by atoms with Gasteiger partial charge in [0.1, 0.15) is 12.1 Å². The van der Waals surface area contributed by atoms with Crippen LogP contribution >= 0.6 is 0 Å². The van der Waals surface area contributed by atoms with Crippen molar-refractivity contribution in [1.82, 2.24) is 0 Å². The molecule has 0 aliphatic heterocycles. The molecular weight excluding hydrogens is 200 g/mol. The Morgan fingerprint density at radius 3 is 2.44 bits per heavy atom. The SMILES string of the molecule is CCCCNc1cc(C#N)c(C#N)cc1N. The molecule has 4 nitrogen and oxygen atoms in total. The Morgan fingerprint density at radius 2 is 1.88 bits per heavy atom. The maximum Gasteiger partial charge on any atom is 0.101 e. The van der Waals surface area contributed by atoms with Gasteiger partial charge in [-0.25, -0.2) is 0 Å². The van der Waals surface area contributed by atoms with Crippen LogP contribution in [0.3, 0.4) is 0 Å². The van der Waals surface area contributed by atoms with Crippen LogP contribution in [0.2, 0.25) is 0 Å². The molecule has 0 fully saturated rings. The molecule has 0 saturated heterocycles. The first-order valence-corrected chi connectivity index (χ1v) is 5.20. The number of nitrogens with one attached hydrogen (secondary N) is 1. The Hall–Kier alpha value is -2.20. The van der Waals surface area contributed by atoms with Gasteiger partial charge in [-0.3, -0.25) is 0 Å². The second kappa shape index (κ2) is 5.63. The number of hydrogen-bond donors (Lipinski definition) is 2. The Labute approximate surface area is 95.3 Å². The van der Waals surface area contributed by atoms with Crippen LogP contribution in [0.25, 0.3) is 0 Å². The smallest absolute Gasteiger partial charge is 0.101 e. The third-order valence-electron chi connectivity index (χ3n) is 2.28. The number of nitrogens with zero attached hydrogens (tertiary/aromatic N) is 2. The molecule has 0 aliphatic rings. The predicted octanol–water partition coefficient (Wildman–Crippen LogP) is 2.22. The van der Waals surface area contributed by atoms with E-state index in [2.05, 4.69) is 12.2 Å². The Balaban J connectivity index is 2.95. The van der Waals surface area contributed by atoms with E-state index in [1.54, 1.807) is 6.07 Å². The molecule has 4 heteroatoms. The summed E-state index contributed by atoms with van der Waals surface area (Å²) in [5, 5.41) is 20.8. The Bertz CT molecular complexity index is 451. The van der Waals surface area contributed by atoms with Gasteiger partial charge in [-0.15, -0.1) is 0 Å². The first-order valence-electron chi connectivity index (χ1n) is 5.20. The van der Waals surface area contributed by atoms with E-state index in [-0.39, 0.29) is 0 Å². The van der Waals surface area contributed by atoms with E-state index in [9.17, 15) is 0 Å². The Morgan fingerprint density at radius 1 is 1.25 bits per heavy atom. The van der Waals surface area contributed by atoms with Crippen molar-refractivity contribution in [1.29, 1.82) is 10.5 Å². The molecular formula is C12H14N4. The van der Waals surface area contributed by atoms with Crippen LogP contribution in [0.5, 0.6) is 0 Å². The maximum absolute atomic E-state index is 8.87. The van der Waals surface area contributed by atoms with E-state index >= 15 is 0 Å². The largest absolute Gasteiger partial charge is 0.397 e. The lowest BCUT2D eigenvalue weighted by molar-refractivity contribution is 0.834. The minimum atomic E-state index is 0.320. The predicted molar refractivity (Wildman–Crippen MR) is 63.7 cm³/mol. The van der Waals surface area contributed by atoms with Crippen molar-refractivity contribution in [3.8, 4) is 12.1 Å². The third kappa shape index (κ3) is 2.65. The normalized spacial score (nSPS) is 9.19. The van der Waals surface area contributed by atoms with Crippen molar-refractivity contribution in [2.75, 3.05) is 17.6 Å². The molecule has 0 radical (unpaired) electrons. The number of benzene rings is 1. The van der Waals surface area contributed by atoms with Gasteiger partial charge in [-0.1, -0.05) is 13.3 Å². The molecule has 1 aromatic rings. The monoisotopic (exact) mass is 214 g/mol. The topological polar surface area (TPSA) is 85.6 Å². The van der Waals surface area contributed by atoms with Crippen molar-refractivity contribution in [3.05, 3.63) is 23.3 Å². The highest BCUT2D eigenvalue weighted by atomic mass is 14.9. The van der Waals surface area contributed by atoms with Gasteiger partial charge >= 0.3 is 0 Å². The molecule has 82 valence electrons. The summed E-state index contributed by atoms with van der Waals surface area (Å²) in [6.07, 6.45) is 2.13. The summed E-state index contributed by atoms with van der Waals surface area (Å²) in [4.78, 5) is 0. The number of nitrogen functional groups attached to an aromatic ring is 1. The van der Waals surface area contributed by atoms with Gasteiger partial charge in [-0.2, -0.15) is 10.5 Å². The van der Waals surface area contributed by atoms with E-state index in [0.29, 0.717) is 16.8 Å². The molecule has 0 aromatic heterocycles. The average Bonchev–Trinajstić information content (AvgIpc) is 2.31. The molecule has 3 N–H and O–H groups in total. The van der Waals surface area contributed by atoms with Crippen molar-refractivity contribution >= 4 is 11.4 Å². The molecule has 0 atom stereocenters. The van der Waals surface area contributed by atoms with E-state index in [1.165, 1.54) is 6.07 Å². The summed E-state index contributed by atoms with van der Waals surface area (Å²) in [6, 6.07) is 7.10. The minimum absolute atomic E-state index is 0.320. The lowest BCUT2D eigenvalue weighted by Gasteiger charge is -2.09.